The second kappa shape index (κ2) is 6.84. The summed E-state index contributed by atoms with van der Waals surface area (Å²) in [5.41, 5.74) is 1.59. The first-order valence-corrected chi connectivity index (χ1v) is 7.73. The summed E-state index contributed by atoms with van der Waals surface area (Å²) >= 11 is 0. The van der Waals surface area contributed by atoms with Crippen LogP contribution in [-0.4, -0.2) is 51.9 Å². The van der Waals surface area contributed by atoms with E-state index in [2.05, 4.69) is 5.10 Å². The number of ether oxygens (including phenoxy) is 1. The fourth-order valence-electron chi connectivity index (χ4n) is 3.09. The van der Waals surface area contributed by atoms with Gasteiger partial charge in [-0.1, -0.05) is 18.2 Å². The predicted molar refractivity (Wildman–Crippen MR) is 85.6 cm³/mol. The molecule has 2 unspecified atom stereocenters. The number of methoxy groups -OCH3 is 1. The number of para-hydroxylation sites is 1. The third kappa shape index (κ3) is 3.03. The summed E-state index contributed by atoms with van der Waals surface area (Å²) in [6.45, 7) is 0.724. The molecule has 126 valence electrons. The lowest BCUT2D eigenvalue weighted by Crippen LogP contribution is -2.33. The van der Waals surface area contributed by atoms with Gasteiger partial charge in [-0.2, -0.15) is 5.10 Å². The number of nitrogens with zero attached hydrogens (tertiary/aromatic N) is 3. The van der Waals surface area contributed by atoms with Gasteiger partial charge in [0.15, 0.2) is 0 Å². The Labute approximate surface area is 139 Å². The average molecular weight is 329 g/mol. The maximum atomic E-state index is 12.2. The van der Waals surface area contributed by atoms with Crippen LogP contribution in [0.4, 0.5) is 0 Å². The highest BCUT2D eigenvalue weighted by molar-refractivity contribution is 5.87. The van der Waals surface area contributed by atoms with E-state index in [0.29, 0.717) is 18.7 Å². The lowest BCUT2D eigenvalue weighted by molar-refractivity contribution is -0.142. The molecule has 0 saturated carbocycles. The van der Waals surface area contributed by atoms with Gasteiger partial charge in [-0.3, -0.25) is 9.59 Å². The summed E-state index contributed by atoms with van der Waals surface area (Å²) in [6, 6.07) is 9.02. The number of hydrogen-bond acceptors (Lipinski definition) is 4. The number of hydrogen-bond donors (Lipinski definition) is 1. The van der Waals surface area contributed by atoms with Crippen LogP contribution in [0.2, 0.25) is 0 Å². The molecule has 1 aliphatic heterocycles. The first-order valence-electron chi connectivity index (χ1n) is 7.73. The molecule has 3 rings (SSSR count). The zero-order chi connectivity index (χ0) is 17.1. The molecule has 0 bridgehead atoms. The van der Waals surface area contributed by atoms with Crippen LogP contribution in [-0.2, 0) is 14.3 Å². The molecule has 7 nitrogen and oxygen atoms in total. The molecule has 2 atom stereocenters. The molecule has 7 heteroatoms. The lowest BCUT2D eigenvalue weighted by Gasteiger charge is -2.25. The zero-order valence-corrected chi connectivity index (χ0v) is 13.3. The van der Waals surface area contributed by atoms with Crippen LogP contribution in [0.25, 0.3) is 5.69 Å². The highest BCUT2D eigenvalue weighted by atomic mass is 16.5. The SMILES string of the molecule is COCCN1C(=O)CC(C(=O)O)C1c1cnn(-c2ccccc2)c1. The number of rotatable bonds is 6. The first-order chi connectivity index (χ1) is 11.6. The predicted octanol–water partition coefficient (Wildman–Crippen LogP) is 1.49. The van der Waals surface area contributed by atoms with Crippen LogP contribution in [0.1, 0.15) is 18.0 Å². The van der Waals surface area contributed by atoms with Gasteiger partial charge in [-0.15, -0.1) is 0 Å². The molecule has 1 amide bonds. The Morgan fingerprint density at radius 2 is 2.12 bits per heavy atom. The van der Waals surface area contributed by atoms with E-state index >= 15 is 0 Å². The highest BCUT2D eigenvalue weighted by Gasteiger charge is 2.44. The van der Waals surface area contributed by atoms with E-state index in [1.165, 1.54) is 0 Å². The maximum Gasteiger partial charge on any atom is 0.309 e. The van der Waals surface area contributed by atoms with Crippen molar-refractivity contribution in [3.63, 3.8) is 0 Å². The monoisotopic (exact) mass is 329 g/mol. The van der Waals surface area contributed by atoms with Crippen LogP contribution < -0.4 is 0 Å². The van der Waals surface area contributed by atoms with Gasteiger partial charge in [0.25, 0.3) is 0 Å². The largest absolute Gasteiger partial charge is 0.481 e. The van der Waals surface area contributed by atoms with Crippen molar-refractivity contribution in [1.82, 2.24) is 14.7 Å². The van der Waals surface area contributed by atoms with Gasteiger partial charge in [-0.05, 0) is 12.1 Å². The molecule has 0 aliphatic carbocycles. The van der Waals surface area contributed by atoms with Crippen LogP contribution in [0, 0.1) is 5.92 Å². The Balaban J connectivity index is 1.92. The van der Waals surface area contributed by atoms with Crippen LogP contribution in [0.15, 0.2) is 42.7 Å². The van der Waals surface area contributed by atoms with E-state index in [4.69, 9.17) is 4.74 Å². The number of amides is 1. The number of carbonyl (C=O) groups is 2. The minimum Gasteiger partial charge on any atom is -0.481 e. The van der Waals surface area contributed by atoms with E-state index in [-0.39, 0.29) is 12.3 Å². The van der Waals surface area contributed by atoms with Crippen LogP contribution in [0.5, 0.6) is 0 Å². The Morgan fingerprint density at radius 3 is 2.79 bits per heavy atom. The standard InChI is InChI=1S/C17H19N3O4/c1-24-8-7-19-15(21)9-14(17(22)23)16(19)12-10-18-20(11-12)13-5-3-2-4-6-13/h2-6,10-11,14,16H,7-9H2,1H3,(H,22,23). The summed E-state index contributed by atoms with van der Waals surface area (Å²) < 4.78 is 6.73. The van der Waals surface area contributed by atoms with Gasteiger partial charge >= 0.3 is 5.97 Å². The molecule has 1 aromatic heterocycles. The Morgan fingerprint density at radius 1 is 1.38 bits per heavy atom. The van der Waals surface area contributed by atoms with Crippen molar-refractivity contribution >= 4 is 11.9 Å². The number of carboxylic acid groups (broad SMARTS) is 1. The smallest absolute Gasteiger partial charge is 0.309 e. The van der Waals surface area contributed by atoms with Crippen molar-refractivity contribution in [2.45, 2.75) is 12.5 Å². The minimum atomic E-state index is -0.972. The Hall–Kier alpha value is -2.67. The van der Waals surface area contributed by atoms with E-state index < -0.39 is 17.9 Å². The van der Waals surface area contributed by atoms with Gasteiger partial charge in [0.2, 0.25) is 5.91 Å². The van der Waals surface area contributed by atoms with Crippen molar-refractivity contribution in [3.8, 4) is 5.69 Å². The van der Waals surface area contributed by atoms with E-state index in [9.17, 15) is 14.7 Å². The summed E-state index contributed by atoms with van der Waals surface area (Å²) in [6.07, 6.45) is 3.42. The van der Waals surface area contributed by atoms with E-state index in [1.54, 1.807) is 29.1 Å². The van der Waals surface area contributed by atoms with E-state index in [0.717, 1.165) is 5.69 Å². The number of carbonyl (C=O) groups excluding carboxylic acids is 1. The van der Waals surface area contributed by atoms with Gasteiger partial charge in [0, 0.05) is 31.8 Å². The zero-order valence-electron chi connectivity index (χ0n) is 13.3. The molecule has 1 aliphatic rings. The summed E-state index contributed by atoms with van der Waals surface area (Å²) in [7, 11) is 1.55. The molecule has 24 heavy (non-hydrogen) atoms. The van der Waals surface area contributed by atoms with Gasteiger partial charge in [-0.25, -0.2) is 4.68 Å². The molecular weight excluding hydrogens is 310 g/mol. The summed E-state index contributed by atoms with van der Waals surface area (Å²) in [4.78, 5) is 25.4. The number of aliphatic carboxylic acids is 1. The molecule has 1 fully saturated rings. The van der Waals surface area contributed by atoms with E-state index in [1.807, 2.05) is 30.3 Å². The normalized spacial score (nSPS) is 20.5. The van der Waals surface area contributed by atoms with Gasteiger partial charge < -0.3 is 14.7 Å². The summed E-state index contributed by atoms with van der Waals surface area (Å²) in [5.74, 6) is -1.92. The lowest BCUT2D eigenvalue weighted by atomic mass is 9.96. The van der Waals surface area contributed by atoms with Gasteiger partial charge in [0.1, 0.15) is 0 Å². The fraction of sp³-hybridized carbons (Fsp3) is 0.353. The maximum absolute atomic E-state index is 12.2. The fourth-order valence-corrected chi connectivity index (χ4v) is 3.09. The van der Waals surface area contributed by atoms with Crippen molar-refractivity contribution < 1.29 is 19.4 Å². The first kappa shape index (κ1) is 16.2. The van der Waals surface area contributed by atoms with Crippen LogP contribution in [0.3, 0.4) is 0 Å². The van der Waals surface area contributed by atoms with Crippen molar-refractivity contribution in [2.75, 3.05) is 20.3 Å². The topological polar surface area (TPSA) is 84.7 Å². The van der Waals surface area contributed by atoms with Crippen molar-refractivity contribution in [2.24, 2.45) is 5.92 Å². The number of aromatic nitrogens is 2. The molecule has 1 N–H and O–H groups in total. The molecule has 1 aromatic carbocycles. The molecule has 1 saturated heterocycles. The summed E-state index contributed by atoms with van der Waals surface area (Å²) in [5, 5.41) is 13.8. The third-order valence-electron chi connectivity index (χ3n) is 4.25. The molecule has 0 spiro atoms. The van der Waals surface area contributed by atoms with Crippen LogP contribution >= 0.6 is 0 Å². The second-order valence-corrected chi connectivity index (χ2v) is 5.73. The second-order valence-electron chi connectivity index (χ2n) is 5.73. The number of carboxylic acids is 1. The highest BCUT2D eigenvalue weighted by Crippen LogP contribution is 2.38. The number of benzene rings is 1. The van der Waals surface area contributed by atoms with Crippen molar-refractivity contribution in [3.05, 3.63) is 48.3 Å². The quantitative estimate of drug-likeness (QED) is 0.868. The third-order valence-corrected chi connectivity index (χ3v) is 4.25. The minimum absolute atomic E-state index is 0.000229. The van der Waals surface area contributed by atoms with Gasteiger partial charge in [0.05, 0.1) is 30.5 Å². The molecule has 2 heterocycles. The molecule has 2 aromatic rings. The number of likely N-dealkylation sites (tertiary alicyclic amines) is 1. The molecule has 0 radical (unpaired) electrons. The van der Waals surface area contributed by atoms with Crippen molar-refractivity contribution in [1.29, 1.82) is 0 Å². The molecular formula is C17H19N3O4. The Bertz CT molecular complexity index is 728. The average Bonchev–Trinajstić information content (AvgIpc) is 3.18. The Kier molecular flexibility index (Phi) is 4.61.